The first-order valence-corrected chi connectivity index (χ1v) is 11.7. The van der Waals surface area contributed by atoms with Gasteiger partial charge >= 0.3 is 12.1 Å². The first-order chi connectivity index (χ1) is 16.4. The van der Waals surface area contributed by atoms with E-state index in [1.165, 1.54) is 12.3 Å². The maximum absolute atomic E-state index is 14.5. The van der Waals surface area contributed by atoms with Crippen LogP contribution >= 0.6 is 0 Å². The van der Waals surface area contributed by atoms with Crippen LogP contribution in [0.15, 0.2) is 76.7 Å². The molecule has 1 heterocycles. The Morgan fingerprint density at radius 3 is 2.20 bits per heavy atom. The number of hydrogen-bond donors (Lipinski definition) is 0. The molecule has 3 nitrogen and oxygen atoms in total. The standard InChI is InChI=1S/C24H17F7N2OS/c1-35(34)18-8-5-14(6-9-18)15-3-2-4-16(11-15)21-13-22(23(27,28)24(29,30)31)32-33(21)20-10-7-17(25)12-19(20)26/h2-12,21H,13H2,1H3. The summed E-state index contributed by atoms with van der Waals surface area (Å²) in [6, 6.07) is 14.1. The molecule has 0 aromatic heterocycles. The Balaban J connectivity index is 1.76. The van der Waals surface area contributed by atoms with Crippen molar-refractivity contribution in [3.05, 3.63) is 83.9 Å². The Bertz CT molecular complexity index is 1260. The van der Waals surface area contributed by atoms with Crippen molar-refractivity contribution in [2.45, 2.75) is 29.5 Å². The first kappa shape index (κ1) is 25.1. The molecule has 0 saturated heterocycles. The lowest BCUT2D eigenvalue weighted by molar-refractivity contribution is -0.249. The Morgan fingerprint density at radius 1 is 0.914 bits per heavy atom. The highest BCUT2D eigenvalue weighted by Gasteiger charge is 2.63. The van der Waals surface area contributed by atoms with Crippen LogP contribution in [0.2, 0.25) is 0 Å². The van der Waals surface area contributed by atoms with E-state index in [0.29, 0.717) is 27.7 Å². The molecule has 1 aliphatic rings. The van der Waals surface area contributed by atoms with Crippen LogP contribution < -0.4 is 5.01 Å². The van der Waals surface area contributed by atoms with Gasteiger partial charge in [-0.1, -0.05) is 18.2 Å². The summed E-state index contributed by atoms with van der Waals surface area (Å²) in [5.41, 5.74) is -0.332. The van der Waals surface area contributed by atoms with Gasteiger partial charge in [-0.2, -0.15) is 27.1 Å². The lowest BCUT2D eigenvalue weighted by Gasteiger charge is -2.25. The second-order valence-corrected chi connectivity index (χ2v) is 9.26. The van der Waals surface area contributed by atoms with Crippen LogP contribution in [-0.2, 0) is 11.2 Å². The summed E-state index contributed by atoms with van der Waals surface area (Å²) in [5, 5.41) is 4.19. The van der Waals surface area contributed by atoms with Gasteiger partial charge in [0, 0.05) is 12.5 Å². The van der Waals surface area contributed by atoms with Crippen molar-refractivity contribution >= 4 is 22.6 Å². The van der Waals surface area contributed by atoms with Crippen LogP contribution in [-0.4, -0.2) is 28.6 Å². The van der Waals surface area contributed by atoms with Gasteiger partial charge in [-0.15, -0.1) is 0 Å². The van der Waals surface area contributed by atoms with Gasteiger partial charge < -0.3 is 4.55 Å². The normalized spacial score (nSPS) is 17.5. The van der Waals surface area contributed by atoms with Gasteiger partial charge in [0.2, 0.25) is 0 Å². The third kappa shape index (κ3) is 4.87. The summed E-state index contributed by atoms with van der Waals surface area (Å²) in [6.45, 7) is 0. The highest BCUT2D eigenvalue weighted by atomic mass is 32.2. The van der Waals surface area contributed by atoms with Crippen molar-refractivity contribution in [1.29, 1.82) is 0 Å². The molecule has 0 aliphatic carbocycles. The molecule has 184 valence electrons. The van der Waals surface area contributed by atoms with E-state index in [-0.39, 0.29) is 0 Å². The van der Waals surface area contributed by atoms with Crippen LogP contribution in [0, 0.1) is 11.6 Å². The Morgan fingerprint density at radius 2 is 1.60 bits per heavy atom. The van der Waals surface area contributed by atoms with Crippen molar-refractivity contribution in [3.8, 4) is 11.1 Å². The smallest absolute Gasteiger partial charge is 0.459 e. The summed E-state index contributed by atoms with van der Waals surface area (Å²) in [7, 11) is 0. The van der Waals surface area contributed by atoms with Crippen molar-refractivity contribution < 1.29 is 35.3 Å². The number of rotatable bonds is 5. The minimum absolute atomic E-state index is 0.297. The summed E-state index contributed by atoms with van der Waals surface area (Å²) in [6.07, 6.45) is -5.20. The number of halogens is 7. The lowest BCUT2D eigenvalue weighted by Crippen LogP contribution is -2.43. The second kappa shape index (κ2) is 9.19. The SMILES string of the molecule is C[S+]([O-])c1ccc(-c2cccc(C3CC(C(F)(F)C(F)(F)F)=NN3c3ccc(F)cc3F)c2)cc1. The predicted octanol–water partition coefficient (Wildman–Crippen LogP) is 6.87. The topological polar surface area (TPSA) is 38.7 Å². The fourth-order valence-corrected chi connectivity index (χ4v) is 4.30. The largest absolute Gasteiger partial charge is 0.612 e. The van der Waals surface area contributed by atoms with E-state index in [9.17, 15) is 35.3 Å². The number of hydrazone groups is 1. The van der Waals surface area contributed by atoms with Crippen LogP contribution in [0.5, 0.6) is 0 Å². The monoisotopic (exact) mass is 514 g/mol. The van der Waals surface area contributed by atoms with E-state index in [4.69, 9.17) is 0 Å². The zero-order valence-electron chi connectivity index (χ0n) is 18.0. The predicted molar refractivity (Wildman–Crippen MR) is 119 cm³/mol. The van der Waals surface area contributed by atoms with Crippen LogP contribution in [0.25, 0.3) is 11.1 Å². The maximum atomic E-state index is 14.5. The van der Waals surface area contributed by atoms with Crippen molar-refractivity contribution in [2.24, 2.45) is 5.10 Å². The Hall–Kier alpha value is -3.05. The zero-order chi connectivity index (χ0) is 25.5. The van der Waals surface area contributed by atoms with E-state index in [1.807, 2.05) is 0 Å². The van der Waals surface area contributed by atoms with Crippen molar-refractivity contribution in [1.82, 2.24) is 0 Å². The van der Waals surface area contributed by atoms with Crippen LogP contribution in [0.3, 0.4) is 0 Å². The number of hydrogen-bond acceptors (Lipinski definition) is 3. The quantitative estimate of drug-likeness (QED) is 0.275. The molecule has 2 unspecified atom stereocenters. The summed E-state index contributed by atoms with van der Waals surface area (Å²) in [4.78, 5) is 0.589. The van der Waals surface area contributed by atoms with Gasteiger partial charge in [-0.3, -0.25) is 5.01 Å². The summed E-state index contributed by atoms with van der Waals surface area (Å²) < 4.78 is 107. The van der Waals surface area contributed by atoms with E-state index < -0.39 is 58.8 Å². The number of nitrogens with zero attached hydrogens (tertiary/aromatic N) is 2. The number of anilines is 1. The molecule has 3 aromatic carbocycles. The molecule has 0 spiro atoms. The van der Waals surface area contributed by atoms with Crippen molar-refractivity contribution in [2.75, 3.05) is 11.3 Å². The minimum Gasteiger partial charge on any atom is -0.612 e. The third-order valence-corrected chi connectivity index (χ3v) is 6.51. The molecule has 1 aliphatic heterocycles. The Labute approximate surface area is 199 Å². The van der Waals surface area contributed by atoms with Gasteiger partial charge in [0.05, 0.1) is 11.7 Å². The van der Waals surface area contributed by atoms with Crippen LogP contribution in [0.4, 0.5) is 36.4 Å². The first-order valence-electron chi connectivity index (χ1n) is 10.2. The summed E-state index contributed by atoms with van der Waals surface area (Å²) >= 11 is -1.20. The molecule has 11 heteroatoms. The third-order valence-electron chi connectivity index (χ3n) is 5.58. The highest BCUT2D eigenvalue weighted by Crippen LogP contribution is 2.45. The van der Waals surface area contributed by atoms with E-state index in [0.717, 1.165) is 17.1 Å². The molecular formula is C24H17F7N2OS. The second-order valence-electron chi connectivity index (χ2n) is 7.88. The van der Waals surface area contributed by atoms with Gasteiger partial charge in [-0.05, 0) is 70.3 Å². The Kier molecular flexibility index (Phi) is 6.58. The molecule has 0 N–H and O–H groups in total. The molecular weight excluding hydrogens is 497 g/mol. The molecule has 2 atom stereocenters. The number of benzene rings is 3. The fraction of sp³-hybridized carbons (Fsp3) is 0.208. The van der Waals surface area contributed by atoms with E-state index in [1.54, 1.807) is 42.5 Å². The summed E-state index contributed by atoms with van der Waals surface area (Å²) in [5.74, 6) is -7.33. The number of alkyl halides is 5. The maximum Gasteiger partial charge on any atom is 0.459 e. The average Bonchev–Trinajstić information content (AvgIpc) is 3.24. The molecule has 0 radical (unpaired) electrons. The zero-order valence-corrected chi connectivity index (χ0v) is 18.8. The molecule has 0 fully saturated rings. The van der Waals surface area contributed by atoms with E-state index >= 15 is 0 Å². The molecule has 35 heavy (non-hydrogen) atoms. The van der Waals surface area contributed by atoms with Crippen molar-refractivity contribution in [3.63, 3.8) is 0 Å². The molecule has 0 amide bonds. The molecule has 4 rings (SSSR count). The van der Waals surface area contributed by atoms with Gasteiger partial charge in [-0.25, -0.2) is 8.78 Å². The molecule has 0 bridgehead atoms. The lowest BCUT2D eigenvalue weighted by atomic mass is 9.95. The van der Waals surface area contributed by atoms with Gasteiger partial charge in [0.25, 0.3) is 0 Å². The molecule has 0 saturated carbocycles. The minimum atomic E-state index is -5.89. The average molecular weight is 514 g/mol. The fourth-order valence-electron chi connectivity index (χ4n) is 3.78. The van der Waals surface area contributed by atoms with Crippen LogP contribution in [0.1, 0.15) is 18.0 Å². The molecule has 3 aromatic rings. The van der Waals surface area contributed by atoms with E-state index in [2.05, 4.69) is 5.10 Å². The highest BCUT2D eigenvalue weighted by molar-refractivity contribution is 7.90. The van der Waals surface area contributed by atoms with Gasteiger partial charge in [0.1, 0.15) is 17.8 Å². The van der Waals surface area contributed by atoms with Gasteiger partial charge in [0.15, 0.2) is 10.7 Å².